The summed E-state index contributed by atoms with van der Waals surface area (Å²) in [4.78, 5) is 41.3. The number of benzene rings is 2. The van der Waals surface area contributed by atoms with Crippen LogP contribution in [0.3, 0.4) is 0 Å². The lowest BCUT2D eigenvalue weighted by Gasteiger charge is -2.29. The number of fused-ring (bicyclic) bond motifs is 1. The number of nitrogens with zero attached hydrogens (tertiary/aromatic N) is 2. The molecule has 1 aliphatic heterocycles. The zero-order chi connectivity index (χ0) is 23.3. The van der Waals surface area contributed by atoms with Gasteiger partial charge in [-0.1, -0.05) is 24.8 Å². The van der Waals surface area contributed by atoms with Crippen LogP contribution in [0.1, 0.15) is 23.7 Å². The summed E-state index contributed by atoms with van der Waals surface area (Å²) < 4.78 is 10.8. The van der Waals surface area contributed by atoms with E-state index in [1.807, 2.05) is 6.92 Å². The van der Waals surface area contributed by atoms with Crippen molar-refractivity contribution in [1.29, 1.82) is 0 Å². The van der Waals surface area contributed by atoms with E-state index in [4.69, 9.17) is 9.47 Å². The van der Waals surface area contributed by atoms with Crippen molar-refractivity contribution < 1.29 is 23.9 Å². The summed E-state index contributed by atoms with van der Waals surface area (Å²) in [5, 5.41) is 2.83. The number of amides is 3. The number of likely N-dealkylation sites (N-methyl/N-ethyl adjacent to an activating group) is 1. The molecule has 0 fully saturated rings. The number of anilines is 2. The average molecular weight is 437 g/mol. The van der Waals surface area contributed by atoms with Gasteiger partial charge in [0.1, 0.15) is 13.2 Å². The fraction of sp³-hybridized carbons (Fsp3) is 0.292. The number of methoxy groups -OCH3 is 1. The van der Waals surface area contributed by atoms with E-state index >= 15 is 0 Å². The number of hydrogen-bond acceptors (Lipinski definition) is 5. The van der Waals surface area contributed by atoms with Gasteiger partial charge in [-0.25, -0.2) is 0 Å². The summed E-state index contributed by atoms with van der Waals surface area (Å²) in [6, 6.07) is 11.6. The van der Waals surface area contributed by atoms with Gasteiger partial charge in [0.05, 0.1) is 18.5 Å². The highest BCUT2D eigenvalue weighted by molar-refractivity contribution is 6.06. The Morgan fingerprint density at radius 3 is 2.72 bits per heavy atom. The van der Waals surface area contributed by atoms with Gasteiger partial charge in [-0.3, -0.25) is 14.4 Å². The molecule has 0 aliphatic carbocycles. The van der Waals surface area contributed by atoms with Crippen molar-refractivity contribution in [2.24, 2.45) is 0 Å². The molecule has 1 N–H and O–H groups in total. The molecule has 0 spiro atoms. The number of carbonyl (C=O) groups excluding carboxylic acids is 3. The lowest BCUT2D eigenvalue weighted by molar-refractivity contribution is -0.119. The Labute approximate surface area is 187 Å². The van der Waals surface area contributed by atoms with Crippen LogP contribution >= 0.6 is 0 Å². The normalized spacial score (nSPS) is 15.2. The summed E-state index contributed by atoms with van der Waals surface area (Å²) in [6.07, 6.45) is 1.78. The minimum Gasteiger partial charge on any atom is -0.493 e. The molecule has 8 heteroatoms. The van der Waals surface area contributed by atoms with E-state index in [1.54, 1.807) is 60.5 Å². The second-order valence-corrected chi connectivity index (χ2v) is 7.51. The Morgan fingerprint density at radius 2 is 2.00 bits per heavy atom. The third-order valence-corrected chi connectivity index (χ3v) is 5.11. The molecule has 2 aromatic carbocycles. The largest absolute Gasteiger partial charge is 0.493 e. The van der Waals surface area contributed by atoms with Gasteiger partial charge in [0.15, 0.2) is 11.5 Å². The first-order chi connectivity index (χ1) is 15.3. The van der Waals surface area contributed by atoms with Gasteiger partial charge in [0.2, 0.25) is 11.8 Å². The monoisotopic (exact) mass is 437 g/mol. The number of ether oxygens (including phenoxy) is 2. The molecule has 3 rings (SSSR count). The number of rotatable bonds is 7. The summed E-state index contributed by atoms with van der Waals surface area (Å²) in [7, 11) is 3.05. The van der Waals surface area contributed by atoms with Crippen molar-refractivity contribution in [3.8, 4) is 11.5 Å². The molecule has 0 saturated heterocycles. The van der Waals surface area contributed by atoms with Crippen molar-refractivity contribution in [3.63, 3.8) is 0 Å². The number of hydrogen-bond donors (Lipinski definition) is 1. The maximum atomic E-state index is 13.2. The first-order valence-electron chi connectivity index (χ1n) is 10.2. The fourth-order valence-corrected chi connectivity index (χ4v) is 3.61. The minimum absolute atomic E-state index is 0.150. The summed E-state index contributed by atoms with van der Waals surface area (Å²) in [5.74, 6) is 0.134. The molecule has 3 amide bonds. The van der Waals surface area contributed by atoms with Crippen molar-refractivity contribution in [2.75, 3.05) is 37.5 Å². The highest BCUT2D eigenvalue weighted by Crippen LogP contribution is 2.32. The van der Waals surface area contributed by atoms with Crippen molar-refractivity contribution in [1.82, 2.24) is 4.90 Å². The second kappa shape index (κ2) is 10.00. The molecular weight excluding hydrogens is 410 g/mol. The van der Waals surface area contributed by atoms with E-state index in [2.05, 4.69) is 11.9 Å². The first-order valence-corrected chi connectivity index (χ1v) is 10.2. The van der Waals surface area contributed by atoms with E-state index in [0.29, 0.717) is 35.0 Å². The summed E-state index contributed by atoms with van der Waals surface area (Å²) >= 11 is 0. The number of nitrogens with one attached hydrogen (secondary N) is 1. The Hall–Kier alpha value is -3.81. The van der Waals surface area contributed by atoms with Gasteiger partial charge in [0.25, 0.3) is 5.91 Å². The molecule has 2 aromatic rings. The SMILES string of the molecule is C=CCOc1ccc(C(=O)N(C)CC(=O)N2c3ccccc3NC(=O)C[C@@H]2C)cc1OC. The Morgan fingerprint density at radius 1 is 1.25 bits per heavy atom. The van der Waals surface area contributed by atoms with Crippen LogP contribution in [-0.4, -0.2) is 56.0 Å². The molecule has 0 unspecified atom stereocenters. The molecule has 1 aliphatic rings. The minimum atomic E-state index is -0.351. The van der Waals surface area contributed by atoms with Crippen LogP contribution in [0.4, 0.5) is 11.4 Å². The van der Waals surface area contributed by atoms with Crippen LogP contribution in [0.2, 0.25) is 0 Å². The van der Waals surface area contributed by atoms with Gasteiger partial charge in [0, 0.05) is 25.1 Å². The maximum absolute atomic E-state index is 13.2. The van der Waals surface area contributed by atoms with Gasteiger partial charge in [-0.15, -0.1) is 0 Å². The third-order valence-electron chi connectivity index (χ3n) is 5.11. The van der Waals surface area contributed by atoms with Crippen molar-refractivity contribution in [2.45, 2.75) is 19.4 Å². The number of para-hydroxylation sites is 2. The summed E-state index contributed by atoms with van der Waals surface area (Å²) in [5.41, 5.74) is 1.55. The molecule has 1 atom stereocenters. The lowest BCUT2D eigenvalue weighted by Crippen LogP contribution is -2.45. The first kappa shape index (κ1) is 22.9. The van der Waals surface area contributed by atoms with Gasteiger partial charge in [-0.2, -0.15) is 0 Å². The van der Waals surface area contributed by atoms with Crippen molar-refractivity contribution in [3.05, 3.63) is 60.7 Å². The smallest absolute Gasteiger partial charge is 0.254 e. The highest BCUT2D eigenvalue weighted by atomic mass is 16.5. The van der Waals surface area contributed by atoms with Crippen LogP contribution in [-0.2, 0) is 9.59 Å². The molecule has 1 heterocycles. The lowest BCUT2D eigenvalue weighted by atomic mass is 10.1. The van der Waals surface area contributed by atoms with Crippen LogP contribution in [0.25, 0.3) is 0 Å². The molecule has 168 valence electrons. The Kier molecular flexibility index (Phi) is 7.14. The Balaban J connectivity index is 1.78. The molecule has 0 bridgehead atoms. The second-order valence-electron chi connectivity index (χ2n) is 7.51. The van der Waals surface area contributed by atoms with Gasteiger partial charge >= 0.3 is 0 Å². The van der Waals surface area contributed by atoms with Crippen LogP contribution in [0.5, 0.6) is 11.5 Å². The highest BCUT2D eigenvalue weighted by Gasteiger charge is 2.30. The molecule has 32 heavy (non-hydrogen) atoms. The van der Waals surface area contributed by atoms with E-state index in [9.17, 15) is 14.4 Å². The van der Waals surface area contributed by atoms with Crippen LogP contribution in [0.15, 0.2) is 55.1 Å². The summed E-state index contributed by atoms with van der Waals surface area (Å²) in [6.45, 7) is 5.58. The predicted octanol–water partition coefficient (Wildman–Crippen LogP) is 3.10. The topological polar surface area (TPSA) is 88.2 Å². The zero-order valence-electron chi connectivity index (χ0n) is 18.5. The van der Waals surface area contributed by atoms with Crippen LogP contribution in [0, 0.1) is 0 Å². The maximum Gasteiger partial charge on any atom is 0.254 e. The van der Waals surface area contributed by atoms with Crippen LogP contribution < -0.4 is 19.7 Å². The molecular formula is C24H27N3O5. The fourth-order valence-electron chi connectivity index (χ4n) is 3.61. The van der Waals surface area contributed by atoms with E-state index in [1.165, 1.54) is 12.0 Å². The van der Waals surface area contributed by atoms with Gasteiger partial charge in [-0.05, 0) is 37.3 Å². The van der Waals surface area contributed by atoms with Gasteiger partial charge < -0.3 is 24.6 Å². The third kappa shape index (κ3) is 4.91. The molecule has 0 radical (unpaired) electrons. The predicted molar refractivity (Wildman–Crippen MR) is 122 cm³/mol. The standard InChI is InChI=1S/C24H27N3O5/c1-5-12-32-20-11-10-17(14-21(20)31-4)24(30)26(3)15-23(29)27-16(2)13-22(28)25-18-8-6-7-9-19(18)27/h5-11,14,16H,1,12-13,15H2,2-4H3,(H,25,28)/t16-/m0/s1. The van der Waals surface area contributed by atoms with E-state index < -0.39 is 0 Å². The molecule has 0 aromatic heterocycles. The Bertz CT molecular complexity index is 1040. The quantitative estimate of drug-likeness (QED) is 0.673. The molecule has 0 saturated carbocycles. The van der Waals surface area contributed by atoms with E-state index in [0.717, 1.165) is 0 Å². The van der Waals surface area contributed by atoms with Crippen molar-refractivity contribution >= 4 is 29.1 Å². The zero-order valence-corrected chi connectivity index (χ0v) is 18.5. The van der Waals surface area contributed by atoms with E-state index in [-0.39, 0.29) is 36.7 Å². The molecule has 8 nitrogen and oxygen atoms in total. The number of carbonyl (C=O) groups is 3. The average Bonchev–Trinajstić information content (AvgIpc) is 2.90.